The van der Waals surface area contributed by atoms with E-state index in [0.717, 1.165) is 11.7 Å². The number of nitrogens with zero attached hydrogens (tertiary/aromatic N) is 1. The number of ether oxygens (including phenoxy) is 1. The van der Waals surface area contributed by atoms with Gasteiger partial charge in [0.05, 0.1) is 7.11 Å². The Morgan fingerprint density at radius 3 is 2.76 bits per heavy atom. The van der Waals surface area contributed by atoms with Crippen molar-refractivity contribution in [1.82, 2.24) is 0 Å². The van der Waals surface area contributed by atoms with Crippen LogP contribution in [0, 0.1) is 5.92 Å². The van der Waals surface area contributed by atoms with Crippen LogP contribution in [-0.2, 0) is 11.8 Å². The molecule has 2 bridgehead atoms. The molecule has 130 valence electrons. The molecule has 3 atom stereocenters. The molecule has 2 heteroatoms. The molecule has 1 saturated heterocycles. The van der Waals surface area contributed by atoms with Crippen molar-refractivity contribution in [3.8, 4) is 5.75 Å². The van der Waals surface area contributed by atoms with E-state index in [1.807, 2.05) is 0 Å². The van der Waals surface area contributed by atoms with E-state index < -0.39 is 0 Å². The van der Waals surface area contributed by atoms with Crippen LogP contribution in [0.5, 0.6) is 5.75 Å². The van der Waals surface area contributed by atoms with Gasteiger partial charge in [0.1, 0.15) is 5.75 Å². The number of piperidine rings is 1. The predicted molar refractivity (Wildman–Crippen MR) is 103 cm³/mol. The van der Waals surface area contributed by atoms with Gasteiger partial charge in [-0.1, -0.05) is 37.1 Å². The van der Waals surface area contributed by atoms with Crippen LogP contribution in [0.25, 0.3) is 0 Å². The third kappa shape index (κ3) is 2.23. The monoisotopic (exact) mass is 333 g/mol. The first-order valence-electron chi connectivity index (χ1n) is 9.81. The maximum Gasteiger partial charge on any atom is 0.119 e. The smallest absolute Gasteiger partial charge is 0.119 e. The zero-order chi connectivity index (χ0) is 16.9. The average Bonchev–Trinajstić information content (AvgIpc) is 2.68. The normalized spacial score (nSPS) is 30.4. The summed E-state index contributed by atoms with van der Waals surface area (Å²) in [7, 11) is 1.79. The highest BCUT2D eigenvalue weighted by molar-refractivity contribution is 5.53. The summed E-state index contributed by atoms with van der Waals surface area (Å²) in [5.41, 5.74) is 4.96. The molecule has 5 rings (SSSR count). The van der Waals surface area contributed by atoms with E-state index in [1.54, 1.807) is 18.2 Å². The van der Waals surface area contributed by atoms with Crippen LogP contribution in [0.1, 0.15) is 43.2 Å². The van der Waals surface area contributed by atoms with Crippen LogP contribution >= 0.6 is 0 Å². The highest BCUT2D eigenvalue weighted by atomic mass is 16.5. The van der Waals surface area contributed by atoms with Crippen molar-refractivity contribution in [1.29, 1.82) is 0 Å². The lowest BCUT2D eigenvalue weighted by molar-refractivity contribution is 0.0983. The summed E-state index contributed by atoms with van der Waals surface area (Å²) in [5, 5.41) is 0. The van der Waals surface area contributed by atoms with Gasteiger partial charge >= 0.3 is 0 Å². The fourth-order valence-electron chi connectivity index (χ4n) is 6.05. The van der Waals surface area contributed by atoms with Gasteiger partial charge in [-0.15, -0.1) is 0 Å². The predicted octanol–water partition coefficient (Wildman–Crippen LogP) is 4.96. The molecular formula is C23H27NO. The molecule has 0 unspecified atom stereocenters. The number of hydrogen-bond acceptors (Lipinski definition) is 2. The largest absolute Gasteiger partial charge is 0.497 e. The summed E-state index contributed by atoms with van der Waals surface area (Å²) in [6.07, 6.45) is 7.97. The van der Waals surface area contributed by atoms with Crippen LogP contribution in [0.3, 0.4) is 0 Å². The van der Waals surface area contributed by atoms with Crippen molar-refractivity contribution < 1.29 is 4.74 Å². The Labute approximate surface area is 150 Å². The molecule has 2 fully saturated rings. The standard InChI is InChI=1S/C23H27NO/c1-25-19-11-10-17-15-22-20-9-5-6-12-23(20,21(17)16-19)13-14-24(22)18-7-3-2-4-8-18/h2-4,7-8,10-11,16,20,22H,5-6,9,12-15H2,1H3/t20-,22-,23-/m0/s1. The van der Waals surface area contributed by atoms with Gasteiger partial charge in [0.25, 0.3) is 0 Å². The first kappa shape index (κ1) is 15.3. The molecule has 1 heterocycles. The van der Waals surface area contributed by atoms with Gasteiger partial charge in [0.2, 0.25) is 0 Å². The van der Waals surface area contributed by atoms with E-state index in [-0.39, 0.29) is 0 Å². The molecule has 0 N–H and O–H groups in total. The minimum Gasteiger partial charge on any atom is -0.497 e. The van der Waals surface area contributed by atoms with Gasteiger partial charge in [0, 0.05) is 23.7 Å². The summed E-state index contributed by atoms with van der Waals surface area (Å²) in [4.78, 5) is 2.71. The molecule has 0 amide bonds. The van der Waals surface area contributed by atoms with E-state index in [4.69, 9.17) is 4.74 Å². The van der Waals surface area contributed by atoms with Gasteiger partial charge < -0.3 is 9.64 Å². The number of fused-ring (bicyclic) bond motifs is 1. The highest BCUT2D eigenvalue weighted by Crippen LogP contribution is 2.56. The SMILES string of the molecule is COc1ccc2c(c1)[C@]13CCCC[C@H]1[C@H](C2)N(c1ccccc1)CC3. The maximum atomic E-state index is 5.57. The number of para-hydroxylation sites is 1. The van der Waals surface area contributed by atoms with Crippen molar-refractivity contribution in [3.05, 3.63) is 59.7 Å². The summed E-state index contributed by atoms with van der Waals surface area (Å²) in [5.74, 6) is 1.82. The van der Waals surface area contributed by atoms with Gasteiger partial charge in [-0.2, -0.15) is 0 Å². The number of methoxy groups -OCH3 is 1. The molecule has 0 spiro atoms. The fraction of sp³-hybridized carbons (Fsp3) is 0.478. The lowest BCUT2D eigenvalue weighted by Gasteiger charge is -2.59. The first-order chi connectivity index (χ1) is 12.3. The van der Waals surface area contributed by atoms with Crippen molar-refractivity contribution in [3.63, 3.8) is 0 Å². The molecule has 1 aliphatic heterocycles. The molecule has 2 aromatic rings. The third-order valence-corrected chi connectivity index (χ3v) is 7.13. The lowest BCUT2D eigenvalue weighted by atomic mass is 9.52. The summed E-state index contributed by atoms with van der Waals surface area (Å²) >= 11 is 0. The Hall–Kier alpha value is -1.96. The van der Waals surface area contributed by atoms with Crippen LogP contribution < -0.4 is 9.64 Å². The van der Waals surface area contributed by atoms with E-state index in [9.17, 15) is 0 Å². The number of benzene rings is 2. The number of rotatable bonds is 2. The van der Waals surface area contributed by atoms with E-state index in [2.05, 4.69) is 53.4 Å². The Balaban J connectivity index is 1.62. The highest BCUT2D eigenvalue weighted by Gasteiger charge is 2.53. The molecule has 1 saturated carbocycles. The molecule has 2 aromatic carbocycles. The molecular weight excluding hydrogens is 306 g/mol. The fourth-order valence-corrected chi connectivity index (χ4v) is 6.05. The zero-order valence-electron chi connectivity index (χ0n) is 15.1. The maximum absolute atomic E-state index is 5.57. The van der Waals surface area contributed by atoms with Crippen LogP contribution in [-0.4, -0.2) is 19.7 Å². The molecule has 2 aliphatic carbocycles. The summed E-state index contributed by atoms with van der Waals surface area (Å²) in [6.45, 7) is 1.18. The van der Waals surface area contributed by atoms with Gasteiger partial charge in [-0.3, -0.25) is 0 Å². The number of hydrogen-bond donors (Lipinski definition) is 0. The van der Waals surface area contributed by atoms with Gasteiger partial charge in [-0.25, -0.2) is 0 Å². The Morgan fingerprint density at radius 2 is 1.92 bits per heavy atom. The third-order valence-electron chi connectivity index (χ3n) is 7.13. The molecule has 25 heavy (non-hydrogen) atoms. The van der Waals surface area contributed by atoms with Crippen molar-refractivity contribution in [2.45, 2.75) is 50.0 Å². The first-order valence-corrected chi connectivity index (χ1v) is 9.81. The second kappa shape index (κ2) is 5.79. The Kier molecular flexibility index (Phi) is 3.55. The van der Waals surface area contributed by atoms with Crippen molar-refractivity contribution >= 4 is 5.69 Å². The minimum absolute atomic E-state index is 0.385. The topological polar surface area (TPSA) is 12.5 Å². The molecule has 2 nitrogen and oxygen atoms in total. The molecule has 3 aliphatic rings. The summed E-state index contributed by atoms with van der Waals surface area (Å²) in [6, 6.07) is 18.6. The minimum atomic E-state index is 0.385. The van der Waals surface area contributed by atoms with E-state index >= 15 is 0 Å². The lowest BCUT2D eigenvalue weighted by Crippen LogP contribution is -2.61. The second-order valence-corrected chi connectivity index (χ2v) is 8.08. The zero-order valence-corrected chi connectivity index (χ0v) is 15.1. The van der Waals surface area contributed by atoms with Crippen LogP contribution in [0.15, 0.2) is 48.5 Å². The van der Waals surface area contributed by atoms with Crippen LogP contribution in [0.2, 0.25) is 0 Å². The Bertz CT molecular complexity index is 771. The van der Waals surface area contributed by atoms with Crippen molar-refractivity contribution in [2.24, 2.45) is 5.92 Å². The summed E-state index contributed by atoms with van der Waals surface area (Å²) < 4.78 is 5.57. The van der Waals surface area contributed by atoms with Crippen molar-refractivity contribution in [2.75, 3.05) is 18.6 Å². The molecule has 0 aromatic heterocycles. The molecule has 0 radical (unpaired) electrons. The van der Waals surface area contributed by atoms with E-state index in [0.29, 0.717) is 11.5 Å². The van der Waals surface area contributed by atoms with E-state index in [1.165, 1.54) is 50.8 Å². The quantitative estimate of drug-likeness (QED) is 0.770. The van der Waals surface area contributed by atoms with Gasteiger partial charge in [-0.05, 0) is 67.0 Å². The van der Waals surface area contributed by atoms with Gasteiger partial charge in [0.15, 0.2) is 0 Å². The second-order valence-electron chi connectivity index (χ2n) is 8.08. The average molecular weight is 333 g/mol. The Morgan fingerprint density at radius 1 is 1.04 bits per heavy atom. The number of anilines is 1. The van der Waals surface area contributed by atoms with Crippen LogP contribution in [0.4, 0.5) is 5.69 Å².